The second-order valence-electron chi connectivity index (χ2n) is 3.67. The molecule has 5 nitrogen and oxygen atoms in total. The van der Waals surface area contributed by atoms with Crippen LogP contribution < -0.4 is 11.1 Å². The standard InChI is InChI=1S/C10H16N4O/c11-10-12-5-4-9(14-10)13-7-8-3-1-2-6-15-8/h4-5,8H,1-3,6-7H2,(H3,11,12,13,14). The lowest BCUT2D eigenvalue weighted by atomic mass is 10.1. The molecule has 1 unspecified atom stereocenters. The molecule has 1 saturated heterocycles. The number of nitrogens with two attached hydrogens (primary N) is 1. The van der Waals surface area contributed by atoms with E-state index >= 15 is 0 Å². The summed E-state index contributed by atoms with van der Waals surface area (Å²) in [5.41, 5.74) is 5.47. The zero-order valence-electron chi connectivity index (χ0n) is 8.65. The van der Waals surface area contributed by atoms with Gasteiger partial charge in [-0.3, -0.25) is 0 Å². The number of anilines is 2. The van der Waals surface area contributed by atoms with Gasteiger partial charge in [-0.15, -0.1) is 0 Å². The minimum atomic E-state index is 0.296. The summed E-state index contributed by atoms with van der Waals surface area (Å²) < 4.78 is 5.59. The molecule has 2 rings (SSSR count). The van der Waals surface area contributed by atoms with Crippen molar-refractivity contribution in [1.29, 1.82) is 0 Å². The van der Waals surface area contributed by atoms with Crippen LogP contribution in [0.5, 0.6) is 0 Å². The van der Waals surface area contributed by atoms with Gasteiger partial charge in [0.1, 0.15) is 5.82 Å². The molecule has 1 aromatic heterocycles. The average Bonchev–Trinajstić information content (AvgIpc) is 2.28. The lowest BCUT2D eigenvalue weighted by Gasteiger charge is -2.22. The smallest absolute Gasteiger partial charge is 0.221 e. The van der Waals surface area contributed by atoms with Crippen LogP contribution in [-0.2, 0) is 4.74 Å². The highest BCUT2D eigenvalue weighted by Gasteiger charge is 2.13. The van der Waals surface area contributed by atoms with E-state index in [2.05, 4.69) is 15.3 Å². The van der Waals surface area contributed by atoms with Crippen LogP contribution in [0.25, 0.3) is 0 Å². The summed E-state index contributed by atoms with van der Waals surface area (Å²) in [6, 6.07) is 1.80. The van der Waals surface area contributed by atoms with Crippen LogP contribution in [0, 0.1) is 0 Å². The number of nitrogen functional groups attached to an aromatic ring is 1. The largest absolute Gasteiger partial charge is 0.376 e. The fourth-order valence-corrected chi connectivity index (χ4v) is 1.66. The number of aromatic nitrogens is 2. The molecule has 15 heavy (non-hydrogen) atoms. The third-order valence-corrected chi connectivity index (χ3v) is 2.46. The first-order valence-electron chi connectivity index (χ1n) is 5.28. The van der Waals surface area contributed by atoms with Crippen LogP contribution in [0.15, 0.2) is 12.3 Å². The lowest BCUT2D eigenvalue weighted by Crippen LogP contribution is -2.27. The Kier molecular flexibility index (Phi) is 3.34. The van der Waals surface area contributed by atoms with Crippen molar-refractivity contribution in [1.82, 2.24) is 9.97 Å². The Hall–Kier alpha value is -1.36. The van der Waals surface area contributed by atoms with E-state index in [9.17, 15) is 0 Å². The Morgan fingerprint density at radius 1 is 1.53 bits per heavy atom. The summed E-state index contributed by atoms with van der Waals surface area (Å²) in [6.07, 6.45) is 5.49. The molecule has 1 atom stereocenters. The van der Waals surface area contributed by atoms with Crippen molar-refractivity contribution in [3.05, 3.63) is 12.3 Å². The number of nitrogens with zero attached hydrogens (tertiary/aromatic N) is 2. The summed E-state index contributed by atoms with van der Waals surface area (Å²) >= 11 is 0. The summed E-state index contributed by atoms with van der Waals surface area (Å²) in [4.78, 5) is 7.89. The molecule has 5 heteroatoms. The zero-order valence-corrected chi connectivity index (χ0v) is 8.65. The molecule has 0 spiro atoms. The van der Waals surface area contributed by atoms with Gasteiger partial charge in [-0.1, -0.05) is 0 Å². The maximum absolute atomic E-state index is 5.59. The van der Waals surface area contributed by atoms with Crippen molar-refractivity contribution in [2.24, 2.45) is 0 Å². The molecule has 0 aliphatic carbocycles. The van der Waals surface area contributed by atoms with E-state index in [-0.39, 0.29) is 0 Å². The number of ether oxygens (including phenoxy) is 1. The maximum atomic E-state index is 5.59. The van der Waals surface area contributed by atoms with Crippen molar-refractivity contribution < 1.29 is 4.74 Å². The van der Waals surface area contributed by atoms with E-state index < -0.39 is 0 Å². The van der Waals surface area contributed by atoms with Crippen LogP contribution in [0.3, 0.4) is 0 Å². The van der Waals surface area contributed by atoms with Crippen molar-refractivity contribution in [3.63, 3.8) is 0 Å². The van der Waals surface area contributed by atoms with Crippen molar-refractivity contribution in [2.75, 3.05) is 24.2 Å². The predicted octanol–water partition coefficient (Wildman–Crippen LogP) is 1.04. The monoisotopic (exact) mass is 208 g/mol. The summed E-state index contributed by atoms with van der Waals surface area (Å²) in [6.45, 7) is 1.66. The van der Waals surface area contributed by atoms with Crippen LogP contribution in [-0.4, -0.2) is 29.2 Å². The lowest BCUT2D eigenvalue weighted by molar-refractivity contribution is 0.0247. The third-order valence-electron chi connectivity index (χ3n) is 2.46. The van der Waals surface area contributed by atoms with Crippen LogP contribution in [0.1, 0.15) is 19.3 Å². The first kappa shape index (κ1) is 10.2. The van der Waals surface area contributed by atoms with Gasteiger partial charge < -0.3 is 15.8 Å². The SMILES string of the molecule is Nc1nccc(NCC2CCCCO2)n1. The van der Waals surface area contributed by atoms with Gasteiger partial charge in [-0.2, -0.15) is 4.98 Å². The first-order valence-corrected chi connectivity index (χ1v) is 5.28. The number of hydrogen-bond donors (Lipinski definition) is 2. The third kappa shape index (κ3) is 3.06. The molecule has 1 aliphatic heterocycles. The molecule has 0 saturated carbocycles. The van der Waals surface area contributed by atoms with E-state index in [4.69, 9.17) is 10.5 Å². The molecule has 1 aromatic rings. The highest BCUT2D eigenvalue weighted by atomic mass is 16.5. The average molecular weight is 208 g/mol. The molecule has 0 amide bonds. The van der Waals surface area contributed by atoms with Gasteiger partial charge in [0.05, 0.1) is 6.10 Å². The Labute approximate surface area is 89.1 Å². The normalized spacial score (nSPS) is 21.2. The van der Waals surface area contributed by atoms with E-state index in [1.54, 1.807) is 12.3 Å². The predicted molar refractivity (Wildman–Crippen MR) is 58.5 cm³/mol. The molecule has 1 aliphatic rings. The topological polar surface area (TPSA) is 73.1 Å². The van der Waals surface area contributed by atoms with Gasteiger partial charge in [-0.05, 0) is 25.3 Å². The molecule has 2 heterocycles. The first-order chi connectivity index (χ1) is 7.34. The van der Waals surface area contributed by atoms with E-state index in [0.717, 1.165) is 25.4 Å². The fourth-order valence-electron chi connectivity index (χ4n) is 1.66. The molecular formula is C10H16N4O. The van der Waals surface area contributed by atoms with Gasteiger partial charge in [0.25, 0.3) is 0 Å². The van der Waals surface area contributed by atoms with Crippen molar-refractivity contribution in [2.45, 2.75) is 25.4 Å². The number of nitrogens with one attached hydrogen (secondary N) is 1. The molecule has 82 valence electrons. The Morgan fingerprint density at radius 3 is 3.20 bits per heavy atom. The highest BCUT2D eigenvalue weighted by Crippen LogP contribution is 2.13. The van der Waals surface area contributed by atoms with Gasteiger partial charge in [0.15, 0.2) is 0 Å². The minimum absolute atomic E-state index is 0.296. The Morgan fingerprint density at radius 2 is 2.47 bits per heavy atom. The summed E-state index contributed by atoms with van der Waals surface area (Å²) in [5.74, 6) is 1.06. The van der Waals surface area contributed by atoms with Gasteiger partial charge in [0, 0.05) is 19.3 Å². The maximum Gasteiger partial charge on any atom is 0.221 e. The molecule has 3 N–H and O–H groups in total. The fraction of sp³-hybridized carbons (Fsp3) is 0.600. The Balaban J connectivity index is 1.81. The number of hydrogen-bond acceptors (Lipinski definition) is 5. The van der Waals surface area contributed by atoms with Crippen molar-refractivity contribution >= 4 is 11.8 Å². The summed E-state index contributed by atoms with van der Waals surface area (Å²) in [7, 11) is 0. The quantitative estimate of drug-likeness (QED) is 0.776. The van der Waals surface area contributed by atoms with Crippen LogP contribution in [0.2, 0.25) is 0 Å². The Bertz CT molecular complexity index is 312. The summed E-state index contributed by atoms with van der Waals surface area (Å²) in [5, 5.41) is 3.20. The molecule has 0 aromatic carbocycles. The van der Waals surface area contributed by atoms with Crippen LogP contribution in [0.4, 0.5) is 11.8 Å². The van der Waals surface area contributed by atoms with Gasteiger partial charge >= 0.3 is 0 Å². The molecule has 1 fully saturated rings. The van der Waals surface area contributed by atoms with Gasteiger partial charge in [0.2, 0.25) is 5.95 Å². The highest BCUT2D eigenvalue weighted by molar-refractivity contribution is 5.37. The van der Waals surface area contributed by atoms with E-state index in [1.165, 1.54) is 12.8 Å². The molecule has 0 radical (unpaired) electrons. The number of rotatable bonds is 3. The molecule has 0 bridgehead atoms. The minimum Gasteiger partial charge on any atom is -0.376 e. The zero-order chi connectivity index (χ0) is 10.5. The van der Waals surface area contributed by atoms with Gasteiger partial charge in [-0.25, -0.2) is 4.98 Å². The second kappa shape index (κ2) is 4.93. The van der Waals surface area contributed by atoms with Crippen molar-refractivity contribution in [3.8, 4) is 0 Å². The van der Waals surface area contributed by atoms with Crippen LogP contribution >= 0.6 is 0 Å². The molecular weight excluding hydrogens is 192 g/mol. The second-order valence-corrected chi connectivity index (χ2v) is 3.67. The van der Waals surface area contributed by atoms with E-state index in [0.29, 0.717) is 12.1 Å². The van der Waals surface area contributed by atoms with E-state index in [1.807, 2.05) is 0 Å².